The van der Waals surface area contributed by atoms with Crippen LogP contribution in [0.5, 0.6) is 5.75 Å². The van der Waals surface area contributed by atoms with Crippen molar-refractivity contribution in [3.05, 3.63) is 122 Å². The van der Waals surface area contributed by atoms with Crippen molar-refractivity contribution in [3.8, 4) is 5.75 Å². The molecular formula is C27H21Cl2N5O3. The number of benzene rings is 2. The van der Waals surface area contributed by atoms with Gasteiger partial charge in [0.1, 0.15) is 11.4 Å². The van der Waals surface area contributed by atoms with E-state index in [4.69, 9.17) is 23.2 Å². The number of carbonyl (C=O) groups is 1. The van der Waals surface area contributed by atoms with E-state index in [2.05, 4.69) is 15.4 Å². The highest BCUT2D eigenvalue weighted by molar-refractivity contribution is 6.42. The van der Waals surface area contributed by atoms with Crippen molar-refractivity contribution < 1.29 is 9.90 Å². The molecule has 3 heterocycles. The van der Waals surface area contributed by atoms with Gasteiger partial charge in [0.25, 0.3) is 5.56 Å². The molecule has 37 heavy (non-hydrogen) atoms. The Hall–Kier alpha value is -4.14. The molecule has 0 fully saturated rings. The van der Waals surface area contributed by atoms with Crippen LogP contribution in [0.25, 0.3) is 0 Å². The van der Waals surface area contributed by atoms with Gasteiger partial charge in [-0.3, -0.25) is 9.78 Å². The topological polar surface area (TPSA) is 99.8 Å². The van der Waals surface area contributed by atoms with Gasteiger partial charge in [-0.15, -0.1) is 0 Å². The van der Waals surface area contributed by atoms with Crippen LogP contribution in [0.15, 0.2) is 95.2 Å². The highest BCUT2D eigenvalue weighted by Crippen LogP contribution is 2.37. The fourth-order valence-electron chi connectivity index (χ4n) is 4.18. The Kier molecular flexibility index (Phi) is 6.94. The van der Waals surface area contributed by atoms with Crippen LogP contribution < -0.4 is 10.9 Å². The molecule has 4 aromatic rings. The van der Waals surface area contributed by atoms with Gasteiger partial charge in [-0.2, -0.15) is 5.10 Å². The number of hydrazone groups is 1. The highest BCUT2D eigenvalue weighted by Gasteiger charge is 2.35. The lowest BCUT2D eigenvalue weighted by molar-refractivity contribution is 0.199. The zero-order valence-electron chi connectivity index (χ0n) is 19.4. The monoisotopic (exact) mass is 533 g/mol. The average molecular weight is 534 g/mol. The Morgan fingerprint density at radius 2 is 1.89 bits per heavy atom. The lowest BCUT2D eigenvalue weighted by Crippen LogP contribution is -2.34. The molecule has 0 saturated heterocycles. The fourth-order valence-corrected chi connectivity index (χ4v) is 4.50. The molecule has 186 valence electrons. The van der Waals surface area contributed by atoms with Gasteiger partial charge in [-0.25, -0.2) is 9.80 Å². The number of carbonyl (C=O) groups excluding carboxylic acids is 1. The molecule has 2 aromatic heterocycles. The van der Waals surface area contributed by atoms with Crippen molar-refractivity contribution in [2.45, 2.75) is 19.0 Å². The third kappa shape index (κ3) is 5.21. The number of nitrogens with zero attached hydrogens (tertiary/aromatic N) is 4. The molecule has 1 aliphatic heterocycles. The van der Waals surface area contributed by atoms with Crippen LogP contribution >= 0.6 is 23.2 Å². The minimum absolute atomic E-state index is 0.0524. The molecule has 1 unspecified atom stereocenters. The van der Waals surface area contributed by atoms with Gasteiger partial charge in [0.15, 0.2) is 0 Å². The fraction of sp³-hybridized carbons (Fsp3) is 0.111. The Morgan fingerprint density at radius 3 is 2.65 bits per heavy atom. The predicted molar refractivity (Wildman–Crippen MR) is 143 cm³/mol. The first-order valence-electron chi connectivity index (χ1n) is 11.4. The summed E-state index contributed by atoms with van der Waals surface area (Å²) in [6.45, 7) is 0.243. The number of anilines is 1. The third-order valence-corrected chi connectivity index (χ3v) is 6.75. The number of aromatic hydroxyl groups is 1. The van der Waals surface area contributed by atoms with Crippen molar-refractivity contribution in [2.75, 3.05) is 5.32 Å². The standard InChI is InChI=1S/C27H21Cl2N5O3/c28-20-10-9-17(13-21(20)29)16-33-12-4-7-22(26(33)36)31-27(37)34-24(19-6-1-2-8-25(19)35)14-23(32-34)18-5-3-11-30-15-18/h1-13,15,24,35H,14,16H2,(H,31,37). The van der Waals surface area contributed by atoms with Gasteiger partial charge in [-0.05, 0) is 42.0 Å². The first-order chi connectivity index (χ1) is 17.9. The summed E-state index contributed by atoms with van der Waals surface area (Å²) < 4.78 is 1.46. The summed E-state index contributed by atoms with van der Waals surface area (Å²) in [6.07, 6.45) is 5.32. The number of hydrogen-bond acceptors (Lipinski definition) is 5. The van der Waals surface area contributed by atoms with E-state index in [1.54, 1.807) is 73.2 Å². The second kappa shape index (κ2) is 10.5. The molecular weight excluding hydrogens is 513 g/mol. The van der Waals surface area contributed by atoms with E-state index in [-0.39, 0.29) is 18.0 Å². The van der Waals surface area contributed by atoms with Gasteiger partial charge in [-0.1, -0.05) is 53.5 Å². The lowest BCUT2D eigenvalue weighted by Gasteiger charge is -2.23. The molecule has 0 radical (unpaired) electrons. The summed E-state index contributed by atoms with van der Waals surface area (Å²) in [6, 6.07) is 17.6. The predicted octanol–water partition coefficient (Wildman–Crippen LogP) is 5.69. The van der Waals surface area contributed by atoms with Crippen molar-refractivity contribution >= 4 is 40.6 Å². The molecule has 0 saturated carbocycles. The van der Waals surface area contributed by atoms with Gasteiger partial charge >= 0.3 is 6.03 Å². The SMILES string of the molecule is O=C(Nc1cccn(Cc2ccc(Cl)c(Cl)c2)c1=O)N1N=C(c2cccnc2)CC1c1ccccc1O. The van der Waals surface area contributed by atoms with Gasteiger partial charge < -0.3 is 15.0 Å². The maximum absolute atomic E-state index is 13.4. The largest absolute Gasteiger partial charge is 0.508 e. The summed E-state index contributed by atoms with van der Waals surface area (Å²) in [5.41, 5.74) is 2.43. The Bertz CT molecular complexity index is 1560. The first-order valence-corrected chi connectivity index (χ1v) is 12.2. The van der Waals surface area contributed by atoms with E-state index < -0.39 is 17.6 Å². The van der Waals surface area contributed by atoms with E-state index >= 15 is 0 Å². The van der Waals surface area contributed by atoms with Crippen molar-refractivity contribution in [2.24, 2.45) is 5.10 Å². The van der Waals surface area contributed by atoms with Crippen LogP contribution in [0, 0.1) is 0 Å². The van der Waals surface area contributed by atoms with Crippen molar-refractivity contribution in [1.29, 1.82) is 0 Å². The smallest absolute Gasteiger partial charge is 0.343 e. The number of para-hydroxylation sites is 1. The van der Waals surface area contributed by atoms with Crippen LogP contribution in [0.1, 0.15) is 29.2 Å². The van der Waals surface area contributed by atoms with Crippen LogP contribution in [0.4, 0.5) is 10.5 Å². The number of rotatable bonds is 5. The van der Waals surface area contributed by atoms with Crippen LogP contribution in [-0.4, -0.2) is 31.4 Å². The van der Waals surface area contributed by atoms with Crippen LogP contribution in [0.2, 0.25) is 10.0 Å². The van der Waals surface area contributed by atoms with Gasteiger partial charge in [0.2, 0.25) is 0 Å². The second-order valence-electron chi connectivity index (χ2n) is 8.45. The van der Waals surface area contributed by atoms with Crippen LogP contribution in [-0.2, 0) is 6.54 Å². The highest BCUT2D eigenvalue weighted by atomic mass is 35.5. The number of aromatic nitrogens is 2. The molecule has 10 heteroatoms. The lowest BCUT2D eigenvalue weighted by atomic mass is 9.98. The Balaban J connectivity index is 1.43. The number of amides is 2. The number of phenols is 1. The number of halogens is 2. The molecule has 1 atom stereocenters. The number of urea groups is 1. The second-order valence-corrected chi connectivity index (χ2v) is 9.26. The minimum Gasteiger partial charge on any atom is -0.508 e. The molecule has 1 aliphatic rings. The normalized spacial score (nSPS) is 14.9. The molecule has 5 rings (SSSR count). The maximum Gasteiger partial charge on any atom is 0.343 e. The van der Waals surface area contributed by atoms with E-state index in [0.717, 1.165) is 11.1 Å². The number of nitrogens with one attached hydrogen (secondary N) is 1. The number of phenolic OH excluding ortho intramolecular Hbond substituents is 1. The maximum atomic E-state index is 13.4. The molecule has 0 bridgehead atoms. The number of pyridine rings is 2. The molecule has 2 aromatic carbocycles. The van der Waals surface area contributed by atoms with Gasteiger partial charge in [0, 0.05) is 36.1 Å². The Morgan fingerprint density at radius 1 is 1.05 bits per heavy atom. The zero-order chi connectivity index (χ0) is 25.9. The quantitative estimate of drug-likeness (QED) is 0.344. The summed E-state index contributed by atoms with van der Waals surface area (Å²) in [4.78, 5) is 30.7. The zero-order valence-corrected chi connectivity index (χ0v) is 20.9. The van der Waals surface area contributed by atoms with E-state index in [1.165, 1.54) is 15.6 Å². The average Bonchev–Trinajstić information content (AvgIpc) is 3.35. The van der Waals surface area contributed by atoms with Crippen molar-refractivity contribution in [3.63, 3.8) is 0 Å². The summed E-state index contributed by atoms with van der Waals surface area (Å²) in [5.74, 6) is 0.0524. The van der Waals surface area contributed by atoms with Gasteiger partial charge in [0.05, 0.1) is 28.3 Å². The molecule has 0 spiro atoms. The minimum atomic E-state index is -0.600. The van der Waals surface area contributed by atoms with Crippen molar-refractivity contribution in [1.82, 2.24) is 14.6 Å². The third-order valence-electron chi connectivity index (χ3n) is 6.01. The summed E-state index contributed by atoms with van der Waals surface area (Å²) in [5, 5.41) is 19.8. The van der Waals surface area contributed by atoms with E-state index in [1.807, 2.05) is 6.07 Å². The molecule has 2 amide bonds. The van der Waals surface area contributed by atoms with Crippen LogP contribution in [0.3, 0.4) is 0 Å². The summed E-state index contributed by atoms with van der Waals surface area (Å²) in [7, 11) is 0. The van der Waals surface area contributed by atoms with E-state index in [9.17, 15) is 14.7 Å². The first kappa shape index (κ1) is 24.5. The summed E-state index contributed by atoms with van der Waals surface area (Å²) >= 11 is 12.1. The van der Waals surface area contributed by atoms with E-state index in [0.29, 0.717) is 27.7 Å². The number of hydrogen-bond donors (Lipinski definition) is 2. The Labute approximate surface area is 222 Å². The molecule has 8 nitrogen and oxygen atoms in total. The molecule has 2 N–H and O–H groups in total. The molecule has 0 aliphatic carbocycles.